The third kappa shape index (κ3) is 6.91. The van der Waals surface area contributed by atoms with E-state index in [1.807, 2.05) is 39.0 Å². The standard InChI is InChI=1S/C23H26ClFN4O2S/c1-4-30-20-9-6-16(13-21(20)31-5-2)10-11-26-15(3)12-22-28-23(32-29-22)27-17-7-8-19(25)18(24)14-17/h6-9,12-14,26H,4-5,10-11H2,1-3H3,(H,27,28,29)/p+1. The van der Waals surface area contributed by atoms with Crippen LogP contribution in [0.25, 0.3) is 6.08 Å². The average molecular weight is 478 g/mol. The number of quaternary nitrogens is 1. The van der Waals surface area contributed by atoms with Crippen LogP contribution in [0.4, 0.5) is 15.2 Å². The van der Waals surface area contributed by atoms with Crippen molar-refractivity contribution in [2.75, 3.05) is 25.1 Å². The minimum absolute atomic E-state index is 0.0611. The molecule has 0 aliphatic heterocycles. The maximum Gasteiger partial charge on any atom is 0.207 e. The van der Waals surface area contributed by atoms with E-state index in [4.69, 9.17) is 21.1 Å². The van der Waals surface area contributed by atoms with Gasteiger partial charge >= 0.3 is 0 Å². The summed E-state index contributed by atoms with van der Waals surface area (Å²) in [5, 5.41) is 5.93. The van der Waals surface area contributed by atoms with Gasteiger partial charge in [0.1, 0.15) is 11.5 Å². The van der Waals surface area contributed by atoms with Crippen LogP contribution in [0.2, 0.25) is 5.02 Å². The van der Waals surface area contributed by atoms with Crippen LogP contribution in [0, 0.1) is 5.82 Å². The van der Waals surface area contributed by atoms with E-state index in [0.717, 1.165) is 30.2 Å². The molecule has 0 fully saturated rings. The van der Waals surface area contributed by atoms with Crippen molar-refractivity contribution < 1.29 is 19.2 Å². The molecule has 3 rings (SSSR count). The molecule has 9 heteroatoms. The molecule has 6 nitrogen and oxygen atoms in total. The van der Waals surface area contributed by atoms with Crippen LogP contribution >= 0.6 is 23.1 Å². The Morgan fingerprint density at radius 1 is 1.16 bits per heavy atom. The Morgan fingerprint density at radius 2 is 1.94 bits per heavy atom. The molecule has 0 saturated heterocycles. The Hall–Kier alpha value is -2.68. The normalized spacial score (nSPS) is 11.5. The predicted molar refractivity (Wildman–Crippen MR) is 128 cm³/mol. The maximum absolute atomic E-state index is 13.3. The molecule has 0 aliphatic carbocycles. The second-order valence-electron chi connectivity index (χ2n) is 6.99. The SMILES string of the molecule is CCOc1ccc(CC[NH2+]C(C)=Cc2nsc(Nc3ccc(F)c(Cl)c3)n2)cc1OCC. The monoisotopic (exact) mass is 477 g/mol. The Labute approximate surface area is 196 Å². The quantitative estimate of drug-likeness (QED) is 0.405. The molecule has 170 valence electrons. The summed E-state index contributed by atoms with van der Waals surface area (Å²) in [6, 6.07) is 10.5. The third-order valence-electron chi connectivity index (χ3n) is 4.48. The summed E-state index contributed by atoms with van der Waals surface area (Å²) >= 11 is 7.05. The van der Waals surface area contributed by atoms with Crippen LogP contribution in [0.3, 0.4) is 0 Å². The maximum atomic E-state index is 13.3. The van der Waals surface area contributed by atoms with Crippen LogP contribution in [-0.4, -0.2) is 29.1 Å². The summed E-state index contributed by atoms with van der Waals surface area (Å²) in [5.41, 5.74) is 2.93. The molecule has 0 radical (unpaired) electrons. The van der Waals surface area contributed by atoms with E-state index in [2.05, 4.69) is 26.1 Å². The fraction of sp³-hybridized carbons (Fsp3) is 0.304. The predicted octanol–water partition coefficient (Wildman–Crippen LogP) is 5.04. The number of hydrogen-bond acceptors (Lipinski definition) is 6. The zero-order valence-corrected chi connectivity index (χ0v) is 19.9. The molecule has 3 aromatic rings. The molecule has 0 amide bonds. The molecule has 1 aromatic heterocycles. The highest BCUT2D eigenvalue weighted by Crippen LogP contribution is 2.28. The average Bonchev–Trinajstić information content (AvgIpc) is 3.19. The highest BCUT2D eigenvalue weighted by molar-refractivity contribution is 7.09. The van der Waals surface area contributed by atoms with Crippen molar-refractivity contribution in [3.05, 3.63) is 64.3 Å². The lowest BCUT2D eigenvalue weighted by Crippen LogP contribution is -2.82. The lowest BCUT2D eigenvalue weighted by molar-refractivity contribution is -0.604. The summed E-state index contributed by atoms with van der Waals surface area (Å²) < 4.78 is 29.0. The van der Waals surface area contributed by atoms with Gasteiger partial charge in [-0.05, 0) is 49.7 Å². The first-order chi connectivity index (χ1) is 15.5. The number of halogens is 2. The van der Waals surface area contributed by atoms with Gasteiger partial charge in [-0.2, -0.15) is 9.36 Å². The van der Waals surface area contributed by atoms with Gasteiger partial charge in [-0.1, -0.05) is 17.7 Å². The number of anilines is 2. The number of benzene rings is 2. The van der Waals surface area contributed by atoms with Gasteiger partial charge in [0.05, 0.1) is 24.8 Å². The number of aromatic nitrogens is 2. The fourth-order valence-electron chi connectivity index (χ4n) is 3.02. The summed E-state index contributed by atoms with van der Waals surface area (Å²) in [4.78, 5) is 4.46. The molecule has 0 atom stereocenters. The van der Waals surface area contributed by atoms with Crippen molar-refractivity contribution in [3.8, 4) is 11.5 Å². The molecule has 0 saturated carbocycles. The van der Waals surface area contributed by atoms with E-state index in [1.165, 1.54) is 29.2 Å². The van der Waals surface area contributed by atoms with Gasteiger partial charge in [-0.25, -0.2) is 4.39 Å². The molecule has 0 unspecified atom stereocenters. The molecule has 3 N–H and O–H groups in total. The molecule has 0 aliphatic rings. The molecule has 0 bridgehead atoms. The second-order valence-corrected chi connectivity index (χ2v) is 8.15. The van der Waals surface area contributed by atoms with E-state index < -0.39 is 5.82 Å². The van der Waals surface area contributed by atoms with Gasteiger partial charge in [0.2, 0.25) is 5.13 Å². The van der Waals surface area contributed by atoms with Crippen LogP contribution < -0.4 is 20.1 Å². The first-order valence-corrected chi connectivity index (χ1v) is 11.6. The van der Waals surface area contributed by atoms with Crippen molar-refractivity contribution in [2.24, 2.45) is 0 Å². The molecule has 2 aromatic carbocycles. The van der Waals surface area contributed by atoms with E-state index in [1.54, 1.807) is 6.07 Å². The highest BCUT2D eigenvalue weighted by atomic mass is 35.5. The van der Waals surface area contributed by atoms with Crippen molar-refractivity contribution in [1.29, 1.82) is 0 Å². The number of ether oxygens (including phenoxy) is 2. The molecule has 32 heavy (non-hydrogen) atoms. The number of hydrogen-bond donors (Lipinski definition) is 2. The molecular weight excluding hydrogens is 451 g/mol. The van der Waals surface area contributed by atoms with Crippen molar-refractivity contribution >= 4 is 40.0 Å². The lowest BCUT2D eigenvalue weighted by atomic mass is 10.1. The number of nitrogens with one attached hydrogen (secondary N) is 1. The third-order valence-corrected chi connectivity index (χ3v) is 5.41. The van der Waals surface area contributed by atoms with E-state index in [9.17, 15) is 4.39 Å². The van der Waals surface area contributed by atoms with E-state index in [-0.39, 0.29) is 5.02 Å². The van der Waals surface area contributed by atoms with E-state index >= 15 is 0 Å². The van der Waals surface area contributed by atoms with Crippen molar-refractivity contribution in [1.82, 2.24) is 9.36 Å². The van der Waals surface area contributed by atoms with Gasteiger partial charge in [0.25, 0.3) is 0 Å². The molecule has 1 heterocycles. The molecular formula is C23H27ClFN4O2S+. The van der Waals surface area contributed by atoms with Gasteiger partial charge in [-0.3, -0.25) is 0 Å². The lowest BCUT2D eigenvalue weighted by Gasteiger charge is -2.12. The van der Waals surface area contributed by atoms with Crippen molar-refractivity contribution in [3.63, 3.8) is 0 Å². The minimum atomic E-state index is -0.455. The topological polar surface area (TPSA) is 72.9 Å². The Morgan fingerprint density at radius 3 is 2.69 bits per heavy atom. The second kappa shape index (κ2) is 11.8. The zero-order chi connectivity index (χ0) is 22.9. The number of nitrogens with two attached hydrogens (primary N) is 1. The Kier molecular flexibility index (Phi) is 8.84. The van der Waals surface area contributed by atoms with Gasteiger partial charge in [0, 0.05) is 36.6 Å². The largest absolute Gasteiger partial charge is 0.490 e. The fourth-order valence-corrected chi connectivity index (χ4v) is 3.77. The summed E-state index contributed by atoms with van der Waals surface area (Å²) in [6.45, 7) is 8.04. The number of rotatable bonds is 11. The van der Waals surface area contributed by atoms with Crippen LogP contribution in [0.5, 0.6) is 11.5 Å². The van der Waals surface area contributed by atoms with E-state index in [0.29, 0.717) is 29.9 Å². The van der Waals surface area contributed by atoms with Crippen molar-refractivity contribution in [2.45, 2.75) is 27.2 Å². The number of nitrogens with zero attached hydrogens (tertiary/aromatic N) is 2. The van der Waals surface area contributed by atoms with Gasteiger partial charge in [-0.15, -0.1) is 0 Å². The highest BCUT2D eigenvalue weighted by Gasteiger charge is 2.08. The first kappa shape index (κ1) is 24.0. The first-order valence-electron chi connectivity index (χ1n) is 10.4. The zero-order valence-electron chi connectivity index (χ0n) is 18.3. The van der Waals surface area contributed by atoms with Crippen LogP contribution in [0.1, 0.15) is 32.2 Å². The smallest absolute Gasteiger partial charge is 0.207 e. The van der Waals surface area contributed by atoms with Crippen LogP contribution in [0.15, 0.2) is 42.1 Å². The summed E-state index contributed by atoms with van der Waals surface area (Å²) in [5.74, 6) is 1.73. The Balaban J connectivity index is 1.54. The Bertz CT molecular complexity index is 1070. The number of allylic oxidation sites excluding steroid dienone is 1. The molecule has 0 spiro atoms. The van der Waals surface area contributed by atoms with Crippen LogP contribution in [-0.2, 0) is 6.42 Å². The van der Waals surface area contributed by atoms with Gasteiger partial charge in [0.15, 0.2) is 17.3 Å². The van der Waals surface area contributed by atoms with Gasteiger partial charge < -0.3 is 20.1 Å². The summed E-state index contributed by atoms with van der Waals surface area (Å²) in [7, 11) is 0. The minimum Gasteiger partial charge on any atom is -0.490 e. The summed E-state index contributed by atoms with van der Waals surface area (Å²) in [6.07, 6.45) is 2.82.